The molecule has 0 saturated heterocycles. The molecule has 0 aromatic heterocycles. The van der Waals surface area contributed by atoms with Gasteiger partial charge in [-0.3, -0.25) is 0 Å². The molecule has 2 rings (SSSR count). The summed E-state index contributed by atoms with van der Waals surface area (Å²) in [6.45, 7) is 2.15. The SMILES string of the molecule is Cc1cc(N(C)C2CCCCCC2)ccc1CCl. The maximum absolute atomic E-state index is 5.92. The van der Waals surface area contributed by atoms with Crippen molar-refractivity contribution in [3.63, 3.8) is 0 Å². The molecule has 0 unspecified atom stereocenters. The Balaban J connectivity index is 2.11. The normalized spacial score (nSPS) is 17.5. The van der Waals surface area contributed by atoms with E-state index in [1.54, 1.807) is 0 Å². The molecule has 0 bridgehead atoms. The molecule has 0 heterocycles. The summed E-state index contributed by atoms with van der Waals surface area (Å²) in [7, 11) is 2.24. The number of benzene rings is 1. The van der Waals surface area contributed by atoms with Gasteiger partial charge in [0, 0.05) is 24.7 Å². The van der Waals surface area contributed by atoms with Gasteiger partial charge in [-0.1, -0.05) is 31.7 Å². The molecule has 1 aliphatic carbocycles. The van der Waals surface area contributed by atoms with E-state index in [0.717, 1.165) is 0 Å². The second-order valence-electron chi connectivity index (χ2n) is 5.50. The molecule has 1 fully saturated rings. The summed E-state index contributed by atoms with van der Waals surface area (Å²) in [5.74, 6) is 0.610. The van der Waals surface area contributed by atoms with Gasteiger partial charge in [0.15, 0.2) is 0 Å². The third-order valence-electron chi connectivity index (χ3n) is 4.25. The predicted molar refractivity (Wildman–Crippen MR) is 80.6 cm³/mol. The Morgan fingerprint density at radius 2 is 1.83 bits per heavy atom. The number of hydrogen-bond donors (Lipinski definition) is 0. The van der Waals surface area contributed by atoms with Crippen LogP contribution < -0.4 is 4.90 Å². The summed E-state index contributed by atoms with van der Waals surface area (Å²) in [6, 6.07) is 7.39. The largest absolute Gasteiger partial charge is 0.372 e. The lowest BCUT2D eigenvalue weighted by Gasteiger charge is -2.29. The lowest BCUT2D eigenvalue weighted by molar-refractivity contribution is 0.553. The van der Waals surface area contributed by atoms with Gasteiger partial charge in [-0.05, 0) is 43.0 Å². The van der Waals surface area contributed by atoms with Gasteiger partial charge in [0.2, 0.25) is 0 Å². The van der Waals surface area contributed by atoms with Gasteiger partial charge in [0.1, 0.15) is 0 Å². The average molecular weight is 266 g/mol. The van der Waals surface area contributed by atoms with Gasteiger partial charge < -0.3 is 4.90 Å². The summed E-state index contributed by atoms with van der Waals surface area (Å²) in [5.41, 5.74) is 3.89. The minimum atomic E-state index is 0.610. The van der Waals surface area contributed by atoms with Crippen LogP contribution in [0.1, 0.15) is 49.7 Å². The van der Waals surface area contributed by atoms with Gasteiger partial charge in [-0.15, -0.1) is 11.6 Å². The molecule has 0 atom stereocenters. The molecule has 1 aliphatic rings. The predicted octanol–water partition coefficient (Wildman–Crippen LogP) is 4.89. The van der Waals surface area contributed by atoms with Gasteiger partial charge in [-0.25, -0.2) is 0 Å². The van der Waals surface area contributed by atoms with Gasteiger partial charge in [0.25, 0.3) is 0 Å². The maximum atomic E-state index is 5.92. The molecule has 100 valence electrons. The van der Waals surface area contributed by atoms with Crippen LogP contribution in [0.2, 0.25) is 0 Å². The van der Waals surface area contributed by atoms with Crippen LogP contribution in [0.4, 0.5) is 5.69 Å². The number of anilines is 1. The first-order valence-electron chi connectivity index (χ1n) is 7.10. The van der Waals surface area contributed by atoms with Crippen molar-refractivity contribution in [2.24, 2.45) is 0 Å². The number of nitrogens with zero attached hydrogens (tertiary/aromatic N) is 1. The van der Waals surface area contributed by atoms with E-state index in [0.29, 0.717) is 11.9 Å². The Morgan fingerprint density at radius 1 is 1.17 bits per heavy atom. The van der Waals surface area contributed by atoms with Crippen molar-refractivity contribution < 1.29 is 0 Å². The number of rotatable bonds is 3. The Labute approximate surface area is 116 Å². The highest BCUT2D eigenvalue weighted by Gasteiger charge is 2.17. The molecule has 1 saturated carbocycles. The Hall–Kier alpha value is -0.690. The molecule has 1 nitrogen and oxygen atoms in total. The Kier molecular flexibility index (Phi) is 4.94. The van der Waals surface area contributed by atoms with Crippen molar-refractivity contribution in [1.29, 1.82) is 0 Å². The van der Waals surface area contributed by atoms with Crippen LogP contribution in [-0.4, -0.2) is 13.1 Å². The third kappa shape index (κ3) is 3.20. The van der Waals surface area contributed by atoms with Crippen LogP contribution in [0, 0.1) is 6.92 Å². The van der Waals surface area contributed by atoms with Crippen LogP contribution >= 0.6 is 11.6 Å². The minimum absolute atomic E-state index is 0.610. The van der Waals surface area contributed by atoms with E-state index in [2.05, 4.69) is 37.1 Å². The van der Waals surface area contributed by atoms with Crippen LogP contribution in [0.3, 0.4) is 0 Å². The highest BCUT2D eigenvalue weighted by molar-refractivity contribution is 6.17. The first-order chi connectivity index (χ1) is 8.72. The molecule has 1 aromatic carbocycles. The van der Waals surface area contributed by atoms with Crippen molar-refractivity contribution in [2.45, 2.75) is 57.4 Å². The smallest absolute Gasteiger partial charge is 0.0476 e. The third-order valence-corrected chi connectivity index (χ3v) is 4.54. The van der Waals surface area contributed by atoms with E-state index in [9.17, 15) is 0 Å². The summed E-state index contributed by atoms with van der Waals surface area (Å²) < 4.78 is 0. The fraction of sp³-hybridized carbons (Fsp3) is 0.625. The summed E-state index contributed by atoms with van der Waals surface area (Å²) in [5, 5.41) is 0. The highest BCUT2D eigenvalue weighted by Crippen LogP contribution is 2.27. The molecule has 1 aromatic rings. The Bertz CT molecular complexity index is 381. The summed E-state index contributed by atoms with van der Waals surface area (Å²) in [4.78, 5) is 2.47. The second kappa shape index (κ2) is 6.47. The van der Waals surface area contributed by atoms with Crippen molar-refractivity contribution in [2.75, 3.05) is 11.9 Å². The standard InChI is InChI=1S/C16H24ClN/c1-13-11-16(10-9-14(13)12-17)18(2)15-7-5-3-4-6-8-15/h9-11,15H,3-8,12H2,1-2H3. The van der Waals surface area contributed by atoms with Crippen molar-refractivity contribution >= 4 is 17.3 Å². The van der Waals surface area contributed by atoms with Crippen molar-refractivity contribution in [3.05, 3.63) is 29.3 Å². The van der Waals surface area contributed by atoms with E-state index in [1.807, 2.05) is 0 Å². The van der Waals surface area contributed by atoms with E-state index in [1.165, 1.54) is 55.3 Å². The monoisotopic (exact) mass is 265 g/mol. The van der Waals surface area contributed by atoms with Crippen LogP contribution in [0.15, 0.2) is 18.2 Å². The lowest BCUT2D eigenvalue weighted by Crippen LogP contribution is -2.31. The van der Waals surface area contributed by atoms with Crippen LogP contribution in [-0.2, 0) is 5.88 Å². The van der Waals surface area contributed by atoms with Gasteiger partial charge in [0.05, 0.1) is 0 Å². The molecule has 0 amide bonds. The number of halogens is 1. The van der Waals surface area contributed by atoms with E-state index < -0.39 is 0 Å². The number of alkyl halides is 1. The van der Waals surface area contributed by atoms with Gasteiger partial charge in [-0.2, -0.15) is 0 Å². The molecular weight excluding hydrogens is 242 g/mol. The summed E-state index contributed by atoms with van der Waals surface area (Å²) >= 11 is 5.92. The quantitative estimate of drug-likeness (QED) is 0.555. The molecular formula is C16H24ClN. The number of aryl methyl sites for hydroxylation is 1. The molecule has 0 N–H and O–H groups in total. The van der Waals surface area contributed by atoms with Crippen LogP contribution in [0.5, 0.6) is 0 Å². The van der Waals surface area contributed by atoms with Crippen LogP contribution in [0.25, 0.3) is 0 Å². The molecule has 0 aliphatic heterocycles. The summed E-state index contributed by atoms with van der Waals surface area (Å²) in [6.07, 6.45) is 8.27. The fourth-order valence-corrected chi connectivity index (χ4v) is 3.21. The van der Waals surface area contributed by atoms with Gasteiger partial charge >= 0.3 is 0 Å². The zero-order valence-corrected chi connectivity index (χ0v) is 12.3. The van der Waals surface area contributed by atoms with E-state index in [4.69, 9.17) is 11.6 Å². The average Bonchev–Trinajstić information content (AvgIpc) is 2.66. The zero-order chi connectivity index (χ0) is 13.0. The molecule has 2 heteroatoms. The maximum Gasteiger partial charge on any atom is 0.0476 e. The lowest BCUT2D eigenvalue weighted by atomic mass is 10.0. The van der Waals surface area contributed by atoms with E-state index >= 15 is 0 Å². The molecule has 0 radical (unpaired) electrons. The van der Waals surface area contributed by atoms with Crippen molar-refractivity contribution in [1.82, 2.24) is 0 Å². The topological polar surface area (TPSA) is 3.24 Å². The van der Waals surface area contributed by atoms with E-state index in [-0.39, 0.29) is 0 Å². The first-order valence-corrected chi connectivity index (χ1v) is 7.64. The highest BCUT2D eigenvalue weighted by atomic mass is 35.5. The van der Waals surface area contributed by atoms with Crippen molar-refractivity contribution in [3.8, 4) is 0 Å². The number of hydrogen-bond acceptors (Lipinski definition) is 1. The molecule has 0 spiro atoms. The fourth-order valence-electron chi connectivity index (χ4n) is 2.91. The first kappa shape index (κ1) is 13.7. The second-order valence-corrected chi connectivity index (χ2v) is 5.77. The zero-order valence-electron chi connectivity index (χ0n) is 11.6. The minimum Gasteiger partial charge on any atom is -0.372 e. The Morgan fingerprint density at radius 3 is 2.39 bits per heavy atom. The molecule has 18 heavy (non-hydrogen) atoms.